The number of ether oxygens (including phenoxy) is 1. The van der Waals surface area contributed by atoms with Gasteiger partial charge in [0.1, 0.15) is 11.6 Å². The third-order valence-electron chi connectivity index (χ3n) is 6.94. The van der Waals surface area contributed by atoms with E-state index >= 15 is 0 Å². The lowest BCUT2D eigenvalue weighted by Crippen LogP contribution is -2.29. The largest absolute Gasteiger partial charge is 0.497 e. The molecule has 1 aliphatic heterocycles. The number of hydrogen-bond acceptors (Lipinski definition) is 9. The van der Waals surface area contributed by atoms with Gasteiger partial charge in [0.15, 0.2) is 5.71 Å². The Hall–Kier alpha value is -5.98. The molecule has 0 spiro atoms. The second-order valence-corrected chi connectivity index (χ2v) is 9.88. The van der Waals surface area contributed by atoms with Crippen LogP contribution in [-0.4, -0.2) is 59.8 Å². The quantitative estimate of drug-likeness (QED) is 0.0702. The van der Waals surface area contributed by atoms with Crippen LogP contribution >= 0.6 is 0 Å². The van der Waals surface area contributed by atoms with E-state index in [1.807, 2.05) is 6.92 Å². The topological polar surface area (TPSA) is 188 Å². The van der Waals surface area contributed by atoms with Gasteiger partial charge in [0, 0.05) is 36.6 Å². The lowest BCUT2D eigenvalue weighted by Gasteiger charge is -2.10. The zero-order chi connectivity index (χ0) is 31.2. The van der Waals surface area contributed by atoms with Crippen LogP contribution in [0.3, 0.4) is 0 Å². The summed E-state index contributed by atoms with van der Waals surface area (Å²) in [4.78, 5) is 45.2. The number of aryl methyl sites for hydroxylation is 1. The molecule has 5 rings (SSSR count). The van der Waals surface area contributed by atoms with Gasteiger partial charge in [-0.3, -0.25) is 14.4 Å². The molecule has 7 N–H and O–H groups in total. The molecule has 4 aromatic rings. The molecule has 13 heteroatoms. The first kappa shape index (κ1) is 29.5. The number of nitrogens with two attached hydrogens (primary N) is 1. The van der Waals surface area contributed by atoms with E-state index < -0.39 is 0 Å². The number of para-hydroxylation sites is 2. The van der Waals surface area contributed by atoms with Crippen LogP contribution in [0.2, 0.25) is 0 Å². The predicted molar refractivity (Wildman–Crippen MR) is 170 cm³/mol. The van der Waals surface area contributed by atoms with Gasteiger partial charge in [-0.25, -0.2) is 4.98 Å². The van der Waals surface area contributed by atoms with Crippen molar-refractivity contribution < 1.29 is 19.1 Å². The van der Waals surface area contributed by atoms with Crippen LogP contribution in [0, 0.1) is 13.8 Å². The lowest BCUT2D eigenvalue weighted by atomic mass is 10.1. The Morgan fingerprint density at radius 1 is 1.07 bits per heavy atom. The van der Waals surface area contributed by atoms with Crippen molar-refractivity contribution in [2.45, 2.75) is 13.8 Å². The number of amides is 3. The molecule has 2 aromatic heterocycles. The van der Waals surface area contributed by atoms with Crippen LogP contribution in [0.4, 0.5) is 22.9 Å². The minimum absolute atomic E-state index is 0.190. The first-order chi connectivity index (χ1) is 21.2. The van der Waals surface area contributed by atoms with Crippen LogP contribution < -0.4 is 31.7 Å². The molecule has 2 aromatic carbocycles. The number of H-pyrrole nitrogens is 1. The highest BCUT2D eigenvalue weighted by Crippen LogP contribution is 2.28. The van der Waals surface area contributed by atoms with Crippen LogP contribution in [-0.2, 0) is 4.79 Å². The Morgan fingerprint density at radius 2 is 1.89 bits per heavy atom. The fourth-order valence-corrected chi connectivity index (χ4v) is 4.64. The van der Waals surface area contributed by atoms with Crippen molar-refractivity contribution in [3.63, 3.8) is 0 Å². The molecule has 0 radical (unpaired) electrons. The number of nitrogens with zero attached hydrogens (tertiary/aromatic N) is 3. The summed E-state index contributed by atoms with van der Waals surface area (Å²) in [6, 6.07) is 15.6. The van der Waals surface area contributed by atoms with Crippen LogP contribution in [0.15, 0.2) is 71.0 Å². The lowest BCUT2D eigenvalue weighted by molar-refractivity contribution is -0.110. The van der Waals surface area contributed by atoms with E-state index in [0.717, 1.165) is 0 Å². The van der Waals surface area contributed by atoms with Gasteiger partial charge < -0.3 is 36.7 Å². The van der Waals surface area contributed by atoms with Crippen LogP contribution in [0.5, 0.6) is 5.75 Å². The maximum atomic E-state index is 13.0. The van der Waals surface area contributed by atoms with E-state index in [9.17, 15) is 14.4 Å². The van der Waals surface area contributed by atoms with Crippen molar-refractivity contribution in [2.75, 3.05) is 41.9 Å². The molecule has 0 aliphatic carbocycles. The molecule has 0 saturated carbocycles. The van der Waals surface area contributed by atoms with Crippen LogP contribution in [0.1, 0.15) is 43.2 Å². The van der Waals surface area contributed by atoms with Gasteiger partial charge >= 0.3 is 0 Å². The third kappa shape index (κ3) is 6.41. The Kier molecular flexibility index (Phi) is 8.65. The zero-order valence-corrected chi connectivity index (χ0v) is 24.3. The number of hydrogen-bond donors (Lipinski definition) is 6. The molecule has 1 aliphatic rings. The highest BCUT2D eigenvalue weighted by molar-refractivity contribution is 6.53. The Morgan fingerprint density at radius 3 is 2.64 bits per heavy atom. The van der Waals surface area contributed by atoms with Gasteiger partial charge in [-0.05, 0) is 55.8 Å². The molecule has 0 fully saturated rings. The number of rotatable bonds is 10. The van der Waals surface area contributed by atoms with Gasteiger partial charge in [-0.1, -0.05) is 12.1 Å². The predicted octanol–water partition coefficient (Wildman–Crippen LogP) is 3.49. The van der Waals surface area contributed by atoms with E-state index in [1.54, 1.807) is 68.6 Å². The molecule has 0 unspecified atom stereocenters. The van der Waals surface area contributed by atoms with Gasteiger partial charge in [0.25, 0.3) is 17.7 Å². The zero-order valence-electron chi connectivity index (χ0n) is 24.3. The Balaban J connectivity index is 1.13. The van der Waals surface area contributed by atoms with Crippen LogP contribution in [0.25, 0.3) is 0 Å². The molecule has 0 bridgehead atoms. The maximum absolute atomic E-state index is 13.0. The average Bonchev–Trinajstić information content (AvgIpc) is 3.49. The minimum atomic E-state index is -0.358. The number of carbonyl (C=O) groups is 3. The number of carbonyl (C=O) groups excluding carboxylic acids is 3. The van der Waals surface area contributed by atoms with Crippen molar-refractivity contribution in [3.8, 4) is 5.75 Å². The molecular formula is C31H31N9O4. The number of methoxy groups -OCH3 is 1. The SMILES string of the molecule is COc1ccc2c(c1)NC(=O)/C2=N\N=C\c1[nH]c(C)c(C(=O)NCCNc2ccc(C(=O)Nc3ccccc3N)cn2)c1C. The molecule has 3 heterocycles. The van der Waals surface area contributed by atoms with E-state index in [-0.39, 0.29) is 23.4 Å². The molecule has 0 atom stereocenters. The summed E-state index contributed by atoms with van der Waals surface area (Å²) in [5, 5.41) is 19.7. The Labute approximate surface area is 253 Å². The number of aromatic amines is 1. The van der Waals surface area contributed by atoms with Gasteiger partial charge in [-0.2, -0.15) is 5.10 Å². The van der Waals surface area contributed by atoms with Crippen molar-refractivity contribution in [2.24, 2.45) is 10.2 Å². The number of pyridine rings is 1. The fraction of sp³-hybridized carbons (Fsp3) is 0.161. The van der Waals surface area contributed by atoms with Crippen molar-refractivity contribution in [1.82, 2.24) is 15.3 Å². The van der Waals surface area contributed by atoms with Gasteiger partial charge in [0.2, 0.25) is 0 Å². The highest BCUT2D eigenvalue weighted by Gasteiger charge is 2.26. The summed E-state index contributed by atoms with van der Waals surface area (Å²) in [6.07, 6.45) is 2.94. The number of nitrogens with one attached hydrogen (secondary N) is 5. The molecular weight excluding hydrogens is 562 g/mol. The summed E-state index contributed by atoms with van der Waals surface area (Å²) in [6.45, 7) is 4.35. The standard InChI is InChI=1S/C31H31N9O4/c1-17-25(16-36-40-28-21-10-9-20(44-3)14-24(21)39-31(28)43)37-18(2)27(17)30(42)34-13-12-33-26-11-8-19(15-35-26)29(41)38-23-7-5-4-6-22(23)32/h4-11,14-16,37H,12-13,32H2,1-3H3,(H,33,35)(H,34,42)(H,38,41)(H,39,40,43)/b36-16+. The molecule has 224 valence electrons. The highest BCUT2D eigenvalue weighted by atomic mass is 16.5. The number of aromatic nitrogens is 2. The maximum Gasteiger partial charge on any atom is 0.276 e. The number of nitrogen functional groups attached to an aromatic ring is 1. The van der Waals surface area contributed by atoms with E-state index in [4.69, 9.17) is 10.5 Å². The number of fused-ring (bicyclic) bond motifs is 1. The normalized spacial score (nSPS) is 13.1. The Bertz CT molecular complexity index is 1790. The van der Waals surface area contributed by atoms with Gasteiger partial charge in [-0.15, -0.1) is 5.10 Å². The minimum Gasteiger partial charge on any atom is -0.497 e. The number of anilines is 4. The second-order valence-electron chi connectivity index (χ2n) is 9.88. The molecule has 13 nitrogen and oxygen atoms in total. The monoisotopic (exact) mass is 593 g/mol. The average molecular weight is 594 g/mol. The molecule has 0 saturated heterocycles. The van der Waals surface area contributed by atoms with Crippen molar-refractivity contribution in [1.29, 1.82) is 0 Å². The molecule has 3 amide bonds. The first-order valence-corrected chi connectivity index (χ1v) is 13.7. The van der Waals surface area contributed by atoms with E-state index in [1.165, 1.54) is 12.4 Å². The fourth-order valence-electron chi connectivity index (χ4n) is 4.64. The summed E-state index contributed by atoms with van der Waals surface area (Å²) < 4.78 is 5.20. The third-order valence-corrected chi connectivity index (χ3v) is 6.94. The number of benzene rings is 2. The van der Waals surface area contributed by atoms with Crippen molar-refractivity contribution in [3.05, 3.63) is 94.4 Å². The second kappa shape index (κ2) is 12.9. The van der Waals surface area contributed by atoms with E-state index in [2.05, 4.69) is 41.4 Å². The molecule has 44 heavy (non-hydrogen) atoms. The van der Waals surface area contributed by atoms with E-state index in [0.29, 0.717) is 75.4 Å². The summed E-state index contributed by atoms with van der Waals surface area (Å²) in [7, 11) is 1.55. The summed E-state index contributed by atoms with van der Waals surface area (Å²) in [5.74, 6) is 0.252. The first-order valence-electron chi connectivity index (χ1n) is 13.7. The van der Waals surface area contributed by atoms with Crippen molar-refractivity contribution >= 4 is 52.5 Å². The summed E-state index contributed by atoms with van der Waals surface area (Å²) in [5.41, 5.74) is 11.2. The summed E-state index contributed by atoms with van der Waals surface area (Å²) >= 11 is 0. The van der Waals surface area contributed by atoms with Gasteiger partial charge in [0.05, 0.1) is 47.2 Å². The smallest absolute Gasteiger partial charge is 0.276 e.